The third-order valence-electron chi connectivity index (χ3n) is 4.02. The quantitative estimate of drug-likeness (QED) is 0.303. The molecule has 8 heteroatoms. The van der Waals surface area contributed by atoms with Crippen molar-refractivity contribution in [1.29, 1.82) is 0 Å². The van der Waals surface area contributed by atoms with Crippen LogP contribution in [0.25, 0.3) is 0 Å². The van der Waals surface area contributed by atoms with Crippen molar-refractivity contribution in [3.8, 4) is 0 Å². The van der Waals surface area contributed by atoms with Crippen LogP contribution in [0.5, 0.6) is 0 Å². The summed E-state index contributed by atoms with van der Waals surface area (Å²) in [5, 5.41) is 6.53. The highest BCUT2D eigenvalue weighted by Crippen LogP contribution is 2.18. The highest BCUT2D eigenvalue weighted by atomic mass is 127. The van der Waals surface area contributed by atoms with Crippen LogP contribution in [0.15, 0.2) is 4.99 Å². The van der Waals surface area contributed by atoms with Gasteiger partial charge in [-0.1, -0.05) is 13.8 Å². The number of hydrogen-bond donors (Lipinski definition) is 2. The standard InChI is InChI=1S/C16H33N3O3S.HI/c1-5-17-16(18-9-7-15(13(3)4)22-6-2)19-11-14-8-10-23(20,21)12-14;/h13-15H,5-12H2,1-4H3,(H2,17,18,19);1H. The summed E-state index contributed by atoms with van der Waals surface area (Å²) in [4.78, 5) is 4.54. The van der Waals surface area contributed by atoms with E-state index in [-0.39, 0.29) is 41.8 Å². The number of nitrogens with zero attached hydrogens (tertiary/aromatic N) is 1. The van der Waals surface area contributed by atoms with Gasteiger partial charge in [-0.25, -0.2) is 8.42 Å². The van der Waals surface area contributed by atoms with Crippen molar-refractivity contribution in [2.75, 3.05) is 37.7 Å². The second-order valence-corrected chi connectivity index (χ2v) is 8.67. The van der Waals surface area contributed by atoms with Crippen molar-refractivity contribution in [2.24, 2.45) is 16.8 Å². The molecule has 2 atom stereocenters. The van der Waals surface area contributed by atoms with Crippen LogP contribution in [0.3, 0.4) is 0 Å². The first-order valence-electron chi connectivity index (χ1n) is 8.72. The van der Waals surface area contributed by atoms with Gasteiger partial charge in [-0.15, -0.1) is 24.0 Å². The Morgan fingerprint density at radius 3 is 2.50 bits per heavy atom. The Labute approximate surface area is 164 Å². The van der Waals surface area contributed by atoms with Gasteiger partial charge in [0.1, 0.15) is 0 Å². The van der Waals surface area contributed by atoms with Gasteiger partial charge in [-0.3, -0.25) is 4.99 Å². The average molecular weight is 475 g/mol. The summed E-state index contributed by atoms with van der Waals surface area (Å²) in [5.41, 5.74) is 0. The molecule has 1 fully saturated rings. The number of aliphatic imine (C=N–C) groups is 1. The van der Waals surface area contributed by atoms with Crippen LogP contribution in [-0.4, -0.2) is 58.2 Å². The predicted molar refractivity (Wildman–Crippen MR) is 111 cm³/mol. The van der Waals surface area contributed by atoms with E-state index in [1.165, 1.54) is 0 Å². The molecule has 0 radical (unpaired) electrons. The molecule has 0 bridgehead atoms. The Morgan fingerprint density at radius 1 is 1.29 bits per heavy atom. The van der Waals surface area contributed by atoms with Gasteiger partial charge in [0.15, 0.2) is 15.8 Å². The van der Waals surface area contributed by atoms with E-state index in [0.717, 1.165) is 38.5 Å². The third kappa shape index (κ3) is 9.41. The van der Waals surface area contributed by atoms with Gasteiger partial charge >= 0.3 is 0 Å². The number of guanidine groups is 1. The maximum absolute atomic E-state index is 11.5. The SMILES string of the molecule is CCNC(=NCC1CCS(=O)(=O)C1)NCCC(OCC)C(C)C.I. The highest BCUT2D eigenvalue weighted by Gasteiger charge is 2.27. The lowest BCUT2D eigenvalue weighted by molar-refractivity contribution is 0.0258. The van der Waals surface area contributed by atoms with Crippen molar-refractivity contribution in [3.63, 3.8) is 0 Å². The molecule has 1 aliphatic heterocycles. The number of halogens is 1. The topological polar surface area (TPSA) is 79.8 Å². The first kappa shape index (κ1) is 23.9. The summed E-state index contributed by atoms with van der Waals surface area (Å²) in [6, 6.07) is 0. The predicted octanol–water partition coefficient (Wildman–Crippen LogP) is 2.05. The molecule has 1 aliphatic rings. The van der Waals surface area contributed by atoms with Crippen molar-refractivity contribution in [2.45, 2.75) is 46.6 Å². The molecule has 0 aromatic rings. The van der Waals surface area contributed by atoms with E-state index in [9.17, 15) is 8.42 Å². The molecule has 0 aliphatic carbocycles. The van der Waals surface area contributed by atoms with Gasteiger partial charge in [-0.05, 0) is 38.5 Å². The minimum Gasteiger partial charge on any atom is -0.378 e. The van der Waals surface area contributed by atoms with Gasteiger partial charge in [-0.2, -0.15) is 0 Å². The van der Waals surface area contributed by atoms with E-state index in [0.29, 0.717) is 18.2 Å². The Hall–Kier alpha value is -0.0900. The molecular formula is C16H34IN3O3S. The molecule has 1 saturated heterocycles. The molecule has 6 nitrogen and oxygen atoms in total. The van der Waals surface area contributed by atoms with Crippen LogP contribution in [0.2, 0.25) is 0 Å². The maximum Gasteiger partial charge on any atom is 0.191 e. The number of sulfone groups is 1. The maximum atomic E-state index is 11.5. The zero-order valence-corrected chi connectivity index (χ0v) is 18.5. The summed E-state index contributed by atoms with van der Waals surface area (Å²) in [7, 11) is -2.83. The van der Waals surface area contributed by atoms with E-state index in [1.54, 1.807) is 0 Å². The fourth-order valence-corrected chi connectivity index (χ4v) is 4.58. The minimum absolute atomic E-state index is 0. The lowest BCUT2D eigenvalue weighted by atomic mass is 10.0. The molecule has 0 saturated carbocycles. The smallest absolute Gasteiger partial charge is 0.191 e. The fourth-order valence-electron chi connectivity index (χ4n) is 2.73. The van der Waals surface area contributed by atoms with Crippen LogP contribution in [0.4, 0.5) is 0 Å². The molecule has 2 N–H and O–H groups in total. The summed E-state index contributed by atoms with van der Waals surface area (Å²) in [6.45, 7) is 11.2. The van der Waals surface area contributed by atoms with E-state index < -0.39 is 9.84 Å². The first-order valence-corrected chi connectivity index (χ1v) is 10.5. The second kappa shape index (κ2) is 12.3. The van der Waals surface area contributed by atoms with Crippen LogP contribution in [0, 0.1) is 11.8 Å². The Bertz CT molecular complexity index is 469. The largest absolute Gasteiger partial charge is 0.378 e. The minimum atomic E-state index is -2.83. The molecule has 0 amide bonds. The van der Waals surface area contributed by atoms with Gasteiger partial charge in [0.2, 0.25) is 0 Å². The zero-order chi connectivity index (χ0) is 17.3. The Morgan fingerprint density at radius 2 is 2.00 bits per heavy atom. The molecule has 0 spiro atoms. The summed E-state index contributed by atoms with van der Waals surface area (Å²) in [6.07, 6.45) is 1.90. The Kier molecular flexibility index (Phi) is 12.2. The number of nitrogens with one attached hydrogen (secondary N) is 2. The molecule has 1 rings (SSSR count). The first-order chi connectivity index (χ1) is 10.9. The van der Waals surface area contributed by atoms with Crippen molar-refractivity contribution >= 4 is 39.8 Å². The molecule has 1 heterocycles. The summed E-state index contributed by atoms with van der Waals surface area (Å²) >= 11 is 0. The monoisotopic (exact) mass is 475 g/mol. The molecule has 0 aromatic heterocycles. The molecule has 0 aromatic carbocycles. The van der Waals surface area contributed by atoms with Crippen molar-refractivity contribution in [1.82, 2.24) is 10.6 Å². The van der Waals surface area contributed by atoms with E-state index in [1.807, 2.05) is 13.8 Å². The average Bonchev–Trinajstić information content (AvgIpc) is 2.83. The summed E-state index contributed by atoms with van der Waals surface area (Å²) in [5.74, 6) is 1.98. The second-order valence-electron chi connectivity index (χ2n) is 6.44. The van der Waals surface area contributed by atoms with Gasteiger partial charge in [0.25, 0.3) is 0 Å². The van der Waals surface area contributed by atoms with Crippen LogP contribution >= 0.6 is 24.0 Å². The lowest BCUT2D eigenvalue weighted by Gasteiger charge is -2.21. The van der Waals surface area contributed by atoms with E-state index in [4.69, 9.17) is 4.74 Å². The third-order valence-corrected chi connectivity index (χ3v) is 5.86. The summed E-state index contributed by atoms with van der Waals surface area (Å²) < 4.78 is 28.7. The highest BCUT2D eigenvalue weighted by molar-refractivity contribution is 14.0. The van der Waals surface area contributed by atoms with Crippen LogP contribution in [0.1, 0.15) is 40.5 Å². The van der Waals surface area contributed by atoms with Crippen LogP contribution < -0.4 is 10.6 Å². The zero-order valence-electron chi connectivity index (χ0n) is 15.4. The van der Waals surface area contributed by atoms with Crippen molar-refractivity contribution < 1.29 is 13.2 Å². The molecule has 144 valence electrons. The van der Waals surface area contributed by atoms with Crippen molar-refractivity contribution in [3.05, 3.63) is 0 Å². The van der Waals surface area contributed by atoms with E-state index >= 15 is 0 Å². The number of ether oxygens (including phenoxy) is 1. The van der Waals surface area contributed by atoms with Gasteiger partial charge < -0.3 is 15.4 Å². The van der Waals surface area contributed by atoms with Gasteiger partial charge in [0.05, 0.1) is 17.6 Å². The van der Waals surface area contributed by atoms with Crippen LogP contribution in [-0.2, 0) is 14.6 Å². The number of hydrogen-bond acceptors (Lipinski definition) is 4. The fraction of sp³-hybridized carbons (Fsp3) is 0.938. The molecular weight excluding hydrogens is 441 g/mol. The lowest BCUT2D eigenvalue weighted by Crippen LogP contribution is -2.39. The number of rotatable bonds is 9. The molecule has 24 heavy (non-hydrogen) atoms. The van der Waals surface area contributed by atoms with Gasteiger partial charge in [0, 0.05) is 26.2 Å². The molecule has 2 unspecified atom stereocenters. The van der Waals surface area contributed by atoms with E-state index in [2.05, 4.69) is 29.5 Å². The Balaban J connectivity index is 0.00000529. The normalized spacial score (nSPS) is 21.4.